The van der Waals surface area contributed by atoms with Crippen molar-refractivity contribution in [2.75, 3.05) is 19.7 Å². The standard InChI is InChI=1S/C15H20N2O4S/c1-3-16-13(18)9-17-14(19)10-21-15(20)11(2)22-12-7-5-4-6-8-12/h4-8,11H,3,9-10H2,1-2H3,(H,16,18)(H,17,19)/t11-/m0/s1. The van der Waals surface area contributed by atoms with Crippen LogP contribution < -0.4 is 10.6 Å². The van der Waals surface area contributed by atoms with Gasteiger partial charge in [-0.3, -0.25) is 14.4 Å². The van der Waals surface area contributed by atoms with Crippen molar-refractivity contribution in [3.8, 4) is 0 Å². The largest absolute Gasteiger partial charge is 0.455 e. The number of thioether (sulfide) groups is 1. The van der Waals surface area contributed by atoms with E-state index in [4.69, 9.17) is 4.74 Å². The molecule has 1 rings (SSSR count). The summed E-state index contributed by atoms with van der Waals surface area (Å²) in [7, 11) is 0. The number of amides is 2. The molecule has 0 aromatic heterocycles. The van der Waals surface area contributed by atoms with Gasteiger partial charge in [-0.05, 0) is 26.0 Å². The summed E-state index contributed by atoms with van der Waals surface area (Å²) in [6, 6.07) is 9.46. The summed E-state index contributed by atoms with van der Waals surface area (Å²) in [5.41, 5.74) is 0. The second-order valence-electron chi connectivity index (χ2n) is 4.41. The van der Waals surface area contributed by atoms with Crippen molar-refractivity contribution >= 4 is 29.5 Å². The number of esters is 1. The highest BCUT2D eigenvalue weighted by molar-refractivity contribution is 8.00. The third-order valence-corrected chi connectivity index (χ3v) is 3.64. The van der Waals surface area contributed by atoms with Gasteiger partial charge in [-0.1, -0.05) is 18.2 Å². The summed E-state index contributed by atoms with van der Waals surface area (Å²) in [6.07, 6.45) is 0. The number of rotatable bonds is 8. The van der Waals surface area contributed by atoms with E-state index in [-0.39, 0.29) is 12.5 Å². The minimum Gasteiger partial charge on any atom is -0.455 e. The Balaban J connectivity index is 2.27. The van der Waals surface area contributed by atoms with Gasteiger partial charge in [-0.2, -0.15) is 0 Å². The van der Waals surface area contributed by atoms with Crippen LogP contribution in [0.1, 0.15) is 13.8 Å². The first kappa shape index (κ1) is 18.0. The lowest BCUT2D eigenvalue weighted by molar-refractivity contribution is -0.147. The fourth-order valence-electron chi connectivity index (χ4n) is 1.49. The smallest absolute Gasteiger partial charge is 0.319 e. The fraction of sp³-hybridized carbons (Fsp3) is 0.400. The van der Waals surface area contributed by atoms with Crippen molar-refractivity contribution in [3.05, 3.63) is 30.3 Å². The molecule has 0 bridgehead atoms. The van der Waals surface area contributed by atoms with E-state index in [1.165, 1.54) is 11.8 Å². The second kappa shape index (κ2) is 9.83. The molecule has 22 heavy (non-hydrogen) atoms. The summed E-state index contributed by atoms with van der Waals surface area (Å²) >= 11 is 1.36. The van der Waals surface area contributed by atoms with Crippen molar-refractivity contribution < 1.29 is 19.1 Å². The Hall–Kier alpha value is -2.02. The lowest BCUT2D eigenvalue weighted by Gasteiger charge is -2.11. The molecule has 2 amide bonds. The van der Waals surface area contributed by atoms with Crippen LogP contribution in [0, 0.1) is 0 Å². The van der Waals surface area contributed by atoms with Gasteiger partial charge in [-0.25, -0.2) is 0 Å². The molecule has 0 saturated heterocycles. The molecule has 0 fully saturated rings. The van der Waals surface area contributed by atoms with Crippen molar-refractivity contribution in [1.82, 2.24) is 10.6 Å². The summed E-state index contributed by atoms with van der Waals surface area (Å²) in [4.78, 5) is 35.4. The molecule has 0 heterocycles. The molecule has 0 aliphatic heterocycles. The molecule has 1 atom stereocenters. The van der Waals surface area contributed by atoms with Crippen LogP contribution in [-0.4, -0.2) is 42.7 Å². The highest BCUT2D eigenvalue weighted by atomic mass is 32.2. The first-order valence-corrected chi connectivity index (χ1v) is 7.82. The van der Waals surface area contributed by atoms with E-state index in [1.807, 2.05) is 30.3 Å². The summed E-state index contributed by atoms with van der Waals surface area (Å²) in [5.74, 6) is -1.26. The Bertz CT molecular complexity index is 508. The molecule has 0 unspecified atom stereocenters. The van der Waals surface area contributed by atoms with Gasteiger partial charge in [0.15, 0.2) is 6.61 Å². The van der Waals surface area contributed by atoms with Gasteiger partial charge in [0, 0.05) is 11.4 Å². The fourth-order valence-corrected chi connectivity index (χ4v) is 2.38. The molecule has 1 aromatic carbocycles. The molecule has 0 aliphatic carbocycles. The number of carbonyl (C=O) groups is 3. The van der Waals surface area contributed by atoms with Crippen molar-refractivity contribution in [3.63, 3.8) is 0 Å². The van der Waals surface area contributed by atoms with Crippen LogP contribution in [0.15, 0.2) is 35.2 Å². The van der Waals surface area contributed by atoms with Gasteiger partial charge in [0.1, 0.15) is 5.25 Å². The third-order valence-electron chi connectivity index (χ3n) is 2.55. The van der Waals surface area contributed by atoms with E-state index in [1.54, 1.807) is 13.8 Å². The third kappa shape index (κ3) is 7.12. The maximum absolute atomic E-state index is 11.8. The second-order valence-corrected chi connectivity index (χ2v) is 5.83. The Kier molecular flexibility index (Phi) is 8.06. The van der Waals surface area contributed by atoms with Crippen LogP contribution in [0.5, 0.6) is 0 Å². The van der Waals surface area contributed by atoms with E-state index >= 15 is 0 Å². The van der Waals surface area contributed by atoms with Crippen LogP contribution in [-0.2, 0) is 19.1 Å². The molecular formula is C15H20N2O4S. The highest BCUT2D eigenvalue weighted by Gasteiger charge is 2.17. The zero-order valence-electron chi connectivity index (χ0n) is 12.6. The zero-order chi connectivity index (χ0) is 16.4. The molecule has 1 aromatic rings. The quantitative estimate of drug-likeness (QED) is 0.550. The Morgan fingerprint density at radius 1 is 1.14 bits per heavy atom. The lowest BCUT2D eigenvalue weighted by atomic mass is 10.4. The molecule has 0 spiro atoms. The average molecular weight is 324 g/mol. The lowest BCUT2D eigenvalue weighted by Crippen LogP contribution is -2.38. The SMILES string of the molecule is CCNC(=O)CNC(=O)COC(=O)[C@H](C)Sc1ccccc1. The number of carbonyl (C=O) groups excluding carboxylic acids is 3. The molecule has 120 valence electrons. The van der Waals surface area contributed by atoms with Gasteiger partial charge in [0.25, 0.3) is 5.91 Å². The number of benzene rings is 1. The number of nitrogens with one attached hydrogen (secondary N) is 2. The van der Waals surface area contributed by atoms with Crippen LogP contribution in [0.4, 0.5) is 0 Å². The van der Waals surface area contributed by atoms with E-state index in [0.29, 0.717) is 6.54 Å². The minimum atomic E-state index is -0.503. The zero-order valence-corrected chi connectivity index (χ0v) is 13.4. The predicted octanol–water partition coefficient (Wildman–Crippen LogP) is 0.963. The predicted molar refractivity (Wildman–Crippen MR) is 84.4 cm³/mol. The van der Waals surface area contributed by atoms with Gasteiger partial charge in [0.2, 0.25) is 5.91 Å². The molecule has 0 saturated carbocycles. The summed E-state index contributed by atoms with van der Waals surface area (Å²) < 4.78 is 4.93. The minimum absolute atomic E-state index is 0.126. The summed E-state index contributed by atoms with van der Waals surface area (Å²) in [6.45, 7) is 3.48. The van der Waals surface area contributed by atoms with Gasteiger partial charge < -0.3 is 15.4 Å². The van der Waals surface area contributed by atoms with Crippen molar-refractivity contribution in [1.29, 1.82) is 0 Å². The van der Waals surface area contributed by atoms with E-state index in [9.17, 15) is 14.4 Å². The van der Waals surface area contributed by atoms with E-state index in [0.717, 1.165) is 4.90 Å². The average Bonchev–Trinajstić information content (AvgIpc) is 2.51. The molecule has 6 nitrogen and oxygen atoms in total. The molecule has 0 radical (unpaired) electrons. The first-order valence-electron chi connectivity index (χ1n) is 6.94. The molecular weight excluding hydrogens is 304 g/mol. The van der Waals surface area contributed by atoms with E-state index < -0.39 is 23.7 Å². The molecule has 7 heteroatoms. The number of hydrogen-bond donors (Lipinski definition) is 2. The van der Waals surface area contributed by atoms with Crippen LogP contribution in [0.3, 0.4) is 0 Å². The van der Waals surface area contributed by atoms with Crippen LogP contribution >= 0.6 is 11.8 Å². The molecule has 0 aliphatic rings. The van der Waals surface area contributed by atoms with Crippen molar-refractivity contribution in [2.45, 2.75) is 24.0 Å². The van der Waals surface area contributed by atoms with Gasteiger partial charge >= 0.3 is 5.97 Å². The maximum Gasteiger partial charge on any atom is 0.319 e. The molecule has 2 N–H and O–H groups in total. The van der Waals surface area contributed by atoms with E-state index in [2.05, 4.69) is 10.6 Å². The van der Waals surface area contributed by atoms with Crippen LogP contribution in [0.25, 0.3) is 0 Å². The Labute approximate surface area is 134 Å². The number of likely N-dealkylation sites (N-methyl/N-ethyl adjacent to an activating group) is 1. The maximum atomic E-state index is 11.8. The van der Waals surface area contributed by atoms with Crippen molar-refractivity contribution in [2.24, 2.45) is 0 Å². The number of ether oxygens (including phenoxy) is 1. The normalized spacial score (nSPS) is 11.4. The van der Waals surface area contributed by atoms with Gasteiger partial charge in [0.05, 0.1) is 6.54 Å². The first-order chi connectivity index (χ1) is 10.5. The summed E-state index contributed by atoms with van der Waals surface area (Å²) in [5, 5.41) is 4.50. The number of hydrogen-bond acceptors (Lipinski definition) is 5. The van der Waals surface area contributed by atoms with Crippen LogP contribution in [0.2, 0.25) is 0 Å². The Morgan fingerprint density at radius 2 is 1.82 bits per heavy atom. The topological polar surface area (TPSA) is 84.5 Å². The highest BCUT2D eigenvalue weighted by Crippen LogP contribution is 2.23. The monoisotopic (exact) mass is 324 g/mol. The van der Waals surface area contributed by atoms with Gasteiger partial charge in [-0.15, -0.1) is 11.8 Å². The Morgan fingerprint density at radius 3 is 2.45 bits per heavy atom.